The van der Waals surface area contributed by atoms with Gasteiger partial charge in [0.05, 0.1) is 26.4 Å². The van der Waals surface area contributed by atoms with E-state index in [1.165, 1.54) is 225 Å². The van der Waals surface area contributed by atoms with Crippen LogP contribution in [0.25, 0.3) is 0 Å². The zero-order valence-corrected chi connectivity index (χ0v) is 66.8. The fraction of sp³-hybridized carbons (Fsp3) is 0.950. The second-order valence-corrected chi connectivity index (χ2v) is 32.9. The maximum absolute atomic E-state index is 13.1. The molecule has 0 saturated heterocycles. The molecule has 17 nitrogen and oxygen atoms in total. The minimum atomic E-state index is -4.96. The molecular formula is C80H156O17P2. The molecule has 99 heavy (non-hydrogen) atoms. The third-order valence-corrected chi connectivity index (χ3v) is 20.9. The van der Waals surface area contributed by atoms with Crippen LogP contribution < -0.4 is 0 Å². The van der Waals surface area contributed by atoms with Crippen LogP contribution in [0.3, 0.4) is 0 Å². The van der Waals surface area contributed by atoms with Gasteiger partial charge in [0.25, 0.3) is 0 Å². The molecule has 0 aromatic heterocycles. The van der Waals surface area contributed by atoms with Gasteiger partial charge in [-0.05, 0) is 43.4 Å². The number of carbonyl (C=O) groups is 4. The molecule has 6 atom stereocenters. The quantitative estimate of drug-likeness (QED) is 0.0222. The molecule has 0 rings (SSSR count). The van der Waals surface area contributed by atoms with E-state index in [0.29, 0.717) is 25.7 Å². The summed E-state index contributed by atoms with van der Waals surface area (Å²) in [6, 6.07) is 0. The van der Waals surface area contributed by atoms with Crippen molar-refractivity contribution in [1.82, 2.24) is 0 Å². The van der Waals surface area contributed by atoms with Gasteiger partial charge in [-0.1, -0.05) is 363 Å². The first-order valence-corrected chi connectivity index (χ1v) is 44.4. The van der Waals surface area contributed by atoms with Crippen LogP contribution >= 0.6 is 15.6 Å². The average Bonchev–Trinajstić information content (AvgIpc) is 1.03. The molecule has 588 valence electrons. The molecule has 0 aliphatic heterocycles. The molecule has 0 aliphatic rings. The number of hydrogen-bond acceptors (Lipinski definition) is 15. The van der Waals surface area contributed by atoms with E-state index in [1.807, 2.05) is 0 Å². The molecule has 3 unspecified atom stereocenters. The lowest BCUT2D eigenvalue weighted by Crippen LogP contribution is -2.30. The van der Waals surface area contributed by atoms with Gasteiger partial charge in [0, 0.05) is 25.7 Å². The van der Waals surface area contributed by atoms with E-state index in [0.717, 1.165) is 108 Å². The van der Waals surface area contributed by atoms with Crippen molar-refractivity contribution in [3.05, 3.63) is 0 Å². The van der Waals surface area contributed by atoms with Crippen LogP contribution in [-0.4, -0.2) is 96.7 Å². The standard InChI is InChI=1S/C80H156O17P2/c1-8-10-11-12-13-30-40-47-54-61-77(82)90-67-76(97-80(85)64-57-50-43-36-35-39-46-53-60-73(7)9-2)70-95-99(88,89)93-66-74(81)65-92-98(86,87)94-69-75(96-79(84)63-56-49-42-34-29-25-21-17-15-19-23-27-32-38-45-52-59-72(5)6)68-91-78(83)62-55-48-41-33-28-24-20-16-14-18-22-26-31-37-44-51-58-71(3)4/h71-76,81H,8-70H2,1-7H3,(H,86,87)(H,88,89)/t73?,74-,75-,76-/m1/s1. The molecule has 0 radical (unpaired) electrons. The number of phosphoric ester groups is 2. The van der Waals surface area contributed by atoms with E-state index in [9.17, 15) is 43.2 Å². The lowest BCUT2D eigenvalue weighted by Gasteiger charge is -2.21. The van der Waals surface area contributed by atoms with E-state index in [4.69, 9.17) is 37.0 Å². The highest BCUT2D eigenvalue weighted by Gasteiger charge is 2.30. The first-order chi connectivity index (χ1) is 47.8. The van der Waals surface area contributed by atoms with Crippen LogP contribution in [0.5, 0.6) is 0 Å². The Balaban J connectivity index is 5.21. The first-order valence-electron chi connectivity index (χ1n) is 41.4. The molecule has 0 amide bonds. The molecule has 0 aromatic rings. The van der Waals surface area contributed by atoms with Crippen molar-refractivity contribution in [1.29, 1.82) is 0 Å². The van der Waals surface area contributed by atoms with E-state index in [1.54, 1.807) is 0 Å². The third-order valence-electron chi connectivity index (χ3n) is 19.0. The number of aliphatic hydroxyl groups excluding tert-OH is 1. The van der Waals surface area contributed by atoms with Crippen molar-refractivity contribution in [2.24, 2.45) is 17.8 Å². The highest BCUT2D eigenvalue weighted by atomic mass is 31.2. The summed E-state index contributed by atoms with van der Waals surface area (Å²) in [6.07, 6.45) is 58.3. The molecule has 0 aromatic carbocycles. The molecule has 0 spiro atoms. The largest absolute Gasteiger partial charge is 0.472 e. The van der Waals surface area contributed by atoms with Crippen molar-refractivity contribution >= 4 is 39.5 Å². The molecule has 0 bridgehead atoms. The van der Waals surface area contributed by atoms with Crippen molar-refractivity contribution in [3.8, 4) is 0 Å². The van der Waals surface area contributed by atoms with Gasteiger partial charge in [0.15, 0.2) is 12.2 Å². The van der Waals surface area contributed by atoms with Gasteiger partial charge in [-0.3, -0.25) is 37.3 Å². The zero-order valence-electron chi connectivity index (χ0n) is 65.0. The Bertz CT molecular complexity index is 1920. The number of esters is 4. The Morgan fingerprint density at radius 3 is 0.768 bits per heavy atom. The Kier molecular flexibility index (Phi) is 69.0. The van der Waals surface area contributed by atoms with E-state index >= 15 is 0 Å². The van der Waals surface area contributed by atoms with Crippen molar-refractivity contribution in [2.45, 2.75) is 433 Å². The number of hydrogen-bond donors (Lipinski definition) is 3. The highest BCUT2D eigenvalue weighted by Crippen LogP contribution is 2.45. The van der Waals surface area contributed by atoms with Crippen LogP contribution in [0.4, 0.5) is 0 Å². The van der Waals surface area contributed by atoms with Crippen LogP contribution in [0, 0.1) is 17.8 Å². The van der Waals surface area contributed by atoms with Gasteiger partial charge in [0.2, 0.25) is 0 Å². The lowest BCUT2D eigenvalue weighted by atomic mass is 9.99. The van der Waals surface area contributed by atoms with E-state index in [-0.39, 0.29) is 25.7 Å². The van der Waals surface area contributed by atoms with Crippen molar-refractivity contribution < 1.29 is 80.2 Å². The van der Waals surface area contributed by atoms with E-state index in [2.05, 4.69) is 48.5 Å². The Hall–Kier alpha value is -1.94. The molecule has 0 aliphatic carbocycles. The SMILES string of the molecule is CCCCCCCCCCCC(=O)OC[C@H](COP(=O)(O)OC[C@H](O)COP(=O)(O)OC[C@@H](COC(=O)CCCCCCCCCCCCCCCCCCC(C)C)OC(=O)CCCCCCCCCCCCCCCCCCC(C)C)OC(=O)CCCCCCCCCCC(C)CC. The highest BCUT2D eigenvalue weighted by molar-refractivity contribution is 7.47. The number of rotatable bonds is 78. The predicted octanol–water partition coefficient (Wildman–Crippen LogP) is 23.7. The summed E-state index contributed by atoms with van der Waals surface area (Å²) >= 11 is 0. The molecule has 0 saturated carbocycles. The monoisotopic (exact) mass is 1450 g/mol. The Labute approximate surface area is 607 Å². The van der Waals surface area contributed by atoms with E-state index < -0.39 is 97.5 Å². The lowest BCUT2D eigenvalue weighted by molar-refractivity contribution is -0.161. The van der Waals surface area contributed by atoms with Crippen LogP contribution in [0.1, 0.15) is 414 Å². The molecule has 3 N–H and O–H groups in total. The van der Waals surface area contributed by atoms with Gasteiger partial charge < -0.3 is 33.8 Å². The number of aliphatic hydroxyl groups is 1. The van der Waals surface area contributed by atoms with Crippen molar-refractivity contribution in [3.63, 3.8) is 0 Å². The van der Waals surface area contributed by atoms with Crippen LogP contribution in [-0.2, 0) is 65.4 Å². The number of carbonyl (C=O) groups excluding carboxylic acids is 4. The summed E-state index contributed by atoms with van der Waals surface area (Å²) in [5.74, 6) is 0.277. The topological polar surface area (TPSA) is 237 Å². The second kappa shape index (κ2) is 70.4. The maximum atomic E-state index is 13.1. The average molecular weight is 1450 g/mol. The van der Waals surface area contributed by atoms with Gasteiger partial charge in [-0.2, -0.15) is 0 Å². The fourth-order valence-electron chi connectivity index (χ4n) is 12.3. The maximum Gasteiger partial charge on any atom is 0.472 e. The van der Waals surface area contributed by atoms with Gasteiger partial charge in [-0.25, -0.2) is 9.13 Å². The fourth-order valence-corrected chi connectivity index (χ4v) is 13.9. The first kappa shape index (κ1) is 97.1. The molecule has 19 heteroatoms. The summed E-state index contributed by atoms with van der Waals surface area (Å²) in [4.78, 5) is 72.9. The van der Waals surface area contributed by atoms with Gasteiger partial charge in [-0.15, -0.1) is 0 Å². The second-order valence-electron chi connectivity index (χ2n) is 30.0. The summed E-state index contributed by atoms with van der Waals surface area (Å²) in [7, 11) is -9.92. The predicted molar refractivity (Wildman–Crippen MR) is 405 cm³/mol. The smallest absolute Gasteiger partial charge is 0.462 e. The number of unbranched alkanes of at least 4 members (excludes halogenated alkanes) is 45. The molecule has 0 heterocycles. The molecule has 0 fully saturated rings. The number of phosphoric acid groups is 2. The summed E-state index contributed by atoms with van der Waals surface area (Å²) in [5, 5.41) is 10.6. The summed E-state index contributed by atoms with van der Waals surface area (Å²) in [5.41, 5.74) is 0. The Morgan fingerprint density at radius 1 is 0.293 bits per heavy atom. The normalized spacial score (nSPS) is 14.3. The third kappa shape index (κ3) is 72.8. The summed E-state index contributed by atoms with van der Waals surface area (Å²) in [6.45, 7) is 12.0. The van der Waals surface area contributed by atoms with Gasteiger partial charge >= 0.3 is 39.5 Å². The number of ether oxygens (including phenoxy) is 4. The zero-order chi connectivity index (χ0) is 73.0. The summed E-state index contributed by atoms with van der Waals surface area (Å²) < 4.78 is 68.6. The minimum Gasteiger partial charge on any atom is -0.462 e. The minimum absolute atomic E-state index is 0.105. The Morgan fingerprint density at radius 2 is 0.515 bits per heavy atom. The van der Waals surface area contributed by atoms with Gasteiger partial charge in [0.1, 0.15) is 19.3 Å². The van der Waals surface area contributed by atoms with Crippen LogP contribution in [0.15, 0.2) is 0 Å². The molecular weight excluding hydrogens is 1290 g/mol. The van der Waals surface area contributed by atoms with Crippen LogP contribution in [0.2, 0.25) is 0 Å². The van der Waals surface area contributed by atoms with Crippen molar-refractivity contribution in [2.75, 3.05) is 39.6 Å².